The monoisotopic (exact) mass is 446 g/mol. The van der Waals surface area contributed by atoms with Crippen LogP contribution in [0.4, 0.5) is 13.2 Å². The van der Waals surface area contributed by atoms with E-state index in [-0.39, 0.29) is 28.6 Å². The zero-order valence-electron chi connectivity index (χ0n) is 16.1. The molecule has 0 bridgehead atoms. The third kappa shape index (κ3) is 5.11. The average molecular weight is 446 g/mol. The molecule has 0 unspecified atom stereocenters. The van der Waals surface area contributed by atoms with Crippen LogP contribution in [-0.4, -0.2) is 54.1 Å². The predicted molar refractivity (Wildman–Crippen MR) is 100 cm³/mol. The number of hydrogen-bond acceptors (Lipinski definition) is 5. The zero-order chi connectivity index (χ0) is 21.9. The molecule has 0 saturated carbocycles. The van der Waals surface area contributed by atoms with Crippen molar-refractivity contribution in [2.24, 2.45) is 7.05 Å². The Kier molecular flexibility index (Phi) is 6.36. The van der Waals surface area contributed by atoms with Crippen molar-refractivity contribution in [2.45, 2.75) is 30.5 Å². The number of nitrogens with one attached hydrogen (secondary N) is 1. The Morgan fingerprint density at radius 1 is 1.30 bits per heavy atom. The average Bonchev–Trinajstić information content (AvgIpc) is 3.35. The summed E-state index contributed by atoms with van der Waals surface area (Å²) >= 11 is 0. The van der Waals surface area contributed by atoms with E-state index in [1.807, 2.05) is 0 Å². The van der Waals surface area contributed by atoms with Gasteiger partial charge in [-0.05, 0) is 25.0 Å². The first kappa shape index (κ1) is 22.1. The first-order valence-electron chi connectivity index (χ1n) is 9.16. The number of halogens is 3. The number of rotatable bonds is 7. The van der Waals surface area contributed by atoms with Crippen molar-refractivity contribution in [3.8, 4) is 5.88 Å². The quantitative estimate of drug-likeness (QED) is 0.703. The maximum absolute atomic E-state index is 12.7. The summed E-state index contributed by atoms with van der Waals surface area (Å²) in [4.78, 5) is 16.3. The molecule has 3 rings (SSSR count). The number of alkyl halides is 3. The summed E-state index contributed by atoms with van der Waals surface area (Å²) in [5.74, 6) is -0.815. The zero-order valence-corrected chi connectivity index (χ0v) is 17.0. The molecule has 0 aliphatic carbocycles. The topological polar surface area (TPSA) is 93.5 Å². The lowest BCUT2D eigenvalue weighted by molar-refractivity contribution is -0.154. The lowest BCUT2D eigenvalue weighted by atomic mass is 10.2. The number of pyridine rings is 1. The lowest BCUT2D eigenvalue weighted by Crippen LogP contribution is -2.27. The number of carbonyl (C=O) groups excluding carboxylic acids is 1. The number of carbonyl (C=O) groups is 1. The van der Waals surface area contributed by atoms with Crippen LogP contribution in [0.2, 0.25) is 0 Å². The number of aromatic nitrogens is 2. The van der Waals surface area contributed by atoms with Crippen LogP contribution in [0.5, 0.6) is 5.88 Å². The van der Waals surface area contributed by atoms with Gasteiger partial charge in [0.25, 0.3) is 5.91 Å². The van der Waals surface area contributed by atoms with Crippen LogP contribution in [0.3, 0.4) is 0 Å². The first-order valence-corrected chi connectivity index (χ1v) is 10.6. The summed E-state index contributed by atoms with van der Waals surface area (Å²) in [5, 5.41) is 2.56. The van der Waals surface area contributed by atoms with E-state index in [1.165, 1.54) is 39.5 Å². The van der Waals surface area contributed by atoms with E-state index in [1.54, 1.807) is 7.05 Å². The van der Waals surface area contributed by atoms with Crippen molar-refractivity contribution >= 4 is 15.9 Å². The number of nitrogens with zero attached hydrogens (tertiary/aromatic N) is 3. The third-order valence-corrected chi connectivity index (χ3v) is 6.44. The lowest BCUT2D eigenvalue weighted by Gasteiger charge is -2.13. The van der Waals surface area contributed by atoms with Gasteiger partial charge in [0.1, 0.15) is 10.6 Å². The van der Waals surface area contributed by atoms with Crippen molar-refractivity contribution < 1.29 is 31.1 Å². The molecule has 30 heavy (non-hydrogen) atoms. The Morgan fingerprint density at radius 3 is 2.67 bits per heavy atom. The van der Waals surface area contributed by atoms with Crippen molar-refractivity contribution in [3.05, 3.63) is 41.9 Å². The molecule has 12 heteroatoms. The highest BCUT2D eigenvalue weighted by atomic mass is 32.2. The summed E-state index contributed by atoms with van der Waals surface area (Å²) in [6.45, 7) is -0.749. The summed E-state index contributed by atoms with van der Waals surface area (Å²) in [7, 11) is -2.13. The Morgan fingerprint density at radius 2 is 2.00 bits per heavy atom. The minimum atomic E-state index is -4.52. The normalized spacial score (nSPS) is 15.3. The second kappa shape index (κ2) is 8.64. The van der Waals surface area contributed by atoms with Crippen molar-refractivity contribution in [3.63, 3.8) is 0 Å². The molecular formula is C18H21F3N4O4S. The van der Waals surface area contributed by atoms with Gasteiger partial charge >= 0.3 is 6.18 Å². The molecule has 0 atom stereocenters. The second-order valence-corrected chi connectivity index (χ2v) is 8.78. The minimum absolute atomic E-state index is 0.0210. The van der Waals surface area contributed by atoms with E-state index < -0.39 is 28.7 Å². The maximum atomic E-state index is 12.7. The molecule has 3 heterocycles. The smallest absolute Gasteiger partial charge is 0.422 e. The van der Waals surface area contributed by atoms with Crippen LogP contribution < -0.4 is 10.1 Å². The van der Waals surface area contributed by atoms with Crippen LogP contribution in [0.1, 0.15) is 28.9 Å². The van der Waals surface area contributed by atoms with E-state index in [4.69, 9.17) is 4.74 Å². The maximum Gasteiger partial charge on any atom is 0.422 e. The van der Waals surface area contributed by atoms with Gasteiger partial charge in [0.15, 0.2) is 6.61 Å². The molecule has 1 N–H and O–H groups in total. The number of aryl methyl sites for hydroxylation is 1. The first-order chi connectivity index (χ1) is 14.1. The molecule has 1 aliphatic heterocycles. The highest BCUT2D eigenvalue weighted by Gasteiger charge is 2.30. The molecule has 1 aliphatic rings. The predicted octanol–water partition coefficient (Wildman–Crippen LogP) is 2.08. The summed E-state index contributed by atoms with van der Waals surface area (Å²) in [6.07, 6.45) is -0.279. The minimum Gasteiger partial charge on any atom is -0.468 e. The van der Waals surface area contributed by atoms with E-state index in [2.05, 4.69) is 10.3 Å². The van der Waals surface area contributed by atoms with Gasteiger partial charge in [0, 0.05) is 44.6 Å². The molecular weight excluding hydrogens is 425 g/mol. The van der Waals surface area contributed by atoms with Gasteiger partial charge in [0.05, 0.1) is 0 Å². The molecule has 0 spiro atoms. The number of ether oxygens (including phenoxy) is 1. The Hall–Kier alpha value is -2.60. The van der Waals surface area contributed by atoms with E-state index in [0.717, 1.165) is 12.8 Å². The molecule has 2 aromatic heterocycles. The molecule has 8 nitrogen and oxygen atoms in total. The summed E-state index contributed by atoms with van der Waals surface area (Å²) in [6, 6.07) is 4.27. The Bertz CT molecular complexity index is 1010. The number of hydrogen-bond donors (Lipinski definition) is 1. The fourth-order valence-electron chi connectivity index (χ4n) is 3.08. The largest absolute Gasteiger partial charge is 0.468 e. The van der Waals surface area contributed by atoms with Crippen LogP contribution in [0, 0.1) is 0 Å². The van der Waals surface area contributed by atoms with Crippen molar-refractivity contribution in [1.82, 2.24) is 19.2 Å². The second-order valence-electron chi connectivity index (χ2n) is 6.84. The van der Waals surface area contributed by atoms with Gasteiger partial charge in [0.2, 0.25) is 15.9 Å². The fraction of sp³-hybridized carbons (Fsp3) is 0.444. The number of sulfonamides is 1. The summed E-state index contributed by atoms with van der Waals surface area (Å²) in [5.41, 5.74) is 0.364. The highest BCUT2D eigenvalue weighted by molar-refractivity contribution is 7.89. The fourth-order valence-corrected chi connectivity index (χ4v) is 4.67. The van der Waals surface area contributed by atoms with E-state index in [0.29, 0.717) is 13.1 Å². The Labute approximate surface area is 171 Å². The van der Waals surface area contributed by atoms with Gasteiger partial charge in [-0.15, -0.1) is 0 Å². The highest BCUT2D eigenvalue weighted by Crippen LogP contribution is 2.23. The molecule has 164 valence electrons. The molecule has 1 amide bonds. The molecule has 0 aromatic carbocycles. The summed E-state index contributed by atoms with van der Waals surface area (Å²) < 4.78 is 69.9. The van der Waals surface area contributed by atoms with Crippen molar-refractivity contribution in [1.29, 1.82) is 0 Å². The van der Waals surface area contributed by atoms with E-state index in [9.17, 15) is 26.4 Å². The molecule has 0 radical (unpaired) electrons. The molecule has 1 saturated heterocycles. The number of amides is 1. The van der Waals surface area contributed by atoms with Gasteiger partial charge in [-0.3, -0.25) is 4.79 Å². The van der Waals surface area contributed by atoms with Crippen LogP contribution >= 0.6 is 0 Å². The van der Waals surface area contributed by atoms with E-state index >= 15 is 0 Å². The van der Waals surface area contributed by atoms with Crippen molar-refractivity contribution in [2.75, 3.05) is 19.7 Å². The van der Waals surface area contributed by atoms with Gasteiger partial charge in [-0.25, -0.2) is 13.4 Å². The van der Waals surface area contributed by atoms with Crippen LogP contribution in [0.15, 0.2) is 35.5 Å². The molecule has 1 fully saturated rings. The van der Waals surface area contributed by atoms with Gasteiger partial charge < -0.3 is 14.6 Å². The standard InChI is InChI=1S/C18H21F3N4O4S/c1-24-11-14(30(27,28)25-7-2-3-8-25)9-15(24)16(26)23-10-13-5-4-6-22-17(13)29-12-18(19,20)21/h4-6,9,11H,2-3,7-8,10,12H2,1H3,(H,23,26). The van der Waals surface area contributed by atoms with Gasteiger partial charge in [-0.2, -0.15) is 17.5 Å². The molecule has 2 aromatic rings. The van der Waals surface area contributed by atoms with Gasteiger partial charge in [-0.1, -0.05) is 6.07 Å². The van der Waals surface area contributed by atoms with Crippen LogP contribution in [0.25, 0.3) is 0 Å². The Balaban J connectivity index is 1.70. The SMILES string of the molecule is Cn1cc(S(=O)(=O)N2CCCC2)cc1C(=O)NCc1cccnc1OCC(F)(F)F. The third-order valence-electron chi connectivity index (χ3n) is 4.58. The van der Waals surface area contributed by atoms with Crippen LogP contribution in [-0.2, 0) is 23.6 Å².